The third-order valence-electron chi connectivity index (χ3n) is 3.94. The van der Waals surface area contributed by atoms with Crippen molar-refractivity contribution in [1.82, 2.24) is 9.88 Å². The van der Waals surface area contributed by atoms with E-state index in [0.29, 0.717) is 24.1 Å². The van der Waals surface area contributed by atoms with E-state index in [4.69, 9.17) is 4.42 Å². The topological polar surface area (TPSA) is 47.2 Å². The van der Waals surface area contributed by atoms with Crippen molar-refractivity contribution in [2.45, 2.75) is 46.2 Å². The lowest BCUT2D eigenvalue weighted by atomic mass is 9.99. The maximum absolute atomic E-state index is 12.0. The minimum atomic E-state index is -0.266. The zero-order valence-electron chi connectivity index (χ0n) is 12.6. The van der Waals surface area contributed by atoms with Crippen LogP contribution < -0.4 is 11.1 Å². The lowest BCUT2D eigenvalue weighted by Gasteiger charge is -2.24. The zero-order chi connectivity index (χ0) is 14.5. The van der Waals surface area contributed by atoms with Crippen molar-refractivity contribution in [3.63, 3.8) is 0 Å². The van der Waals surface area contributed by atoms with Crippen molar-refractivity contribution in [1.29, 1.82) is 0 Å². The lowest BCUT2D eigenvalue weighted by Crippen LogP contribution is -2.40. The summed E-state index contributed by atoms with van der Waals surface area (Å²) < 4.78 is 7.04. The van der Waals surface area contributed by atoms with Crippen LogP contribution in [0, 0.1) is 5.92 Å². The summed E-state index contributed by atoms with van der Waals surface area (Å²) in [5, 5.41) is 3.55. The molecule has 0 radical (unpaired) electrons. The molecule has 2 rings (SSSR count). The monoisotopic (exact) mass is 276 g/mol. The number of oxazole rings is 1. The zero-order valence-corrected chi connectivity index (χ0v) is 12.6. The van der Waals surface area contributed by atoms with E-state index >= 15 is 0 Å². The molecule has 1 aromatic heterocycles. The molecule has 2 unspecified atom stereocenters. The van der Waals surface area contributed by atoms with E-state index in [2.05, 4.69) is 26.1 Å². The fourth-order valence-corrected chi connectivity index (χ4v) is 2.44. The second-order valence-electron chi connectivity index (χ2n) is 5.39. The molecule has 0 aliphatic carbocycles. The van der Waals surface area contributed by atoms with Gasteiger partial charge in [-0.15, -0.1) is 0 Å². The summed E-state index contributed by atoms with van der Waals surface area (Å²) in [7, 11) is 0. The predicted octanol–water partition coefficient (Wildman–Crippen LogP) is 3.01. The Morgan fingerprint density at radius 1 is 1.30 bits per heavy atom. The van der Waals surface area contributed by atoms with Gasteiger partial charge in [-0.3, -0.25) is 4.57 Å². The predicted molar refractivity (Wildman–Crippen MR) is 82.0 cm³/mol. The average molecular weight is 276 g/mol. The van der Waals surface area contributed by atoms with E-state index < -0.39 is 0 Å². The standard InChI is InChI=1S/C16H24N2O2/c1-4-10-17-13(12(3)5-2)11-18-14-8-6-7-9-15(14)20-16(18)19/h6-9,12-13,17H,4-5,10-11H2,1-3H3. The van der Waals surface area contributed by atoms with Crippen LogP contribution >= 0.6 is 0 Å². The van der Waals surface area contributed by atoms with Gasteiger partial charge in [0.15, 0.2) is 5.58 Å². The van der Waals surface area contributed by atoms with Crippen LogP contribution in [0.2, 0.25) is 0 Å². The van der Waals surface area contributed by atoms with Crippen LogP contribution in [0.15, 0.2) is 33.5 Å². The Bertz CT molecular complexity index is 600. The van der Waals surface area contributed by atoms with E-state index in [1.54, 1.807) is 4.57 Å². The lowest BCUT2D eigenvalue weighted by molar-refractivity contribution is 0.323. The molecule has 110 valence electrons. The van der Waals surface area contributed by atoms with Crippen molar-refractivity contribution in [3.05, 3.63) is 34.8 Å². The Morgan fingerprint density at radius 3 is 2.75 bits per heavy atom. The van der Waals surface area contributed by atoms with Crippen LogP contribution in [-0.4, -0.2) is 17.2 Å². The maximum Gasteiger partial charge on any atom is 0.420 e. The molecule has 1 aromatic carbocycles. The molecule has 0 aliphatic rings. The van der Waals surface area contributed by atoms with Gasteiger partial charge in [-0.25, -0.2) is 4.79 Å². The highest BCUT2D eigenvalue weighted by Crippen LogP contribution is 2.15. The van der Waals surface area contributed by atoms with E-state index in [1.807, 2.05) is 24.3 Å². The summed E-state index contributed by atoms with van der Waals surface area (Å²) in [6.45, 7) is 8.19. The van der Waals surface area contributed by atoms with Gasteiger partial charge >= 0.3 is 5.76 Å². The molecular formula is C16H24N2O2. The smallest absolute Gasteiger partial charge is 0.408 e. The third kappa shape index (κ3) is 3.12. The number of rotatable bonds is 7. The molecule has 0 saturated carbocycles. The van der Waals surface area contributed by atoms with Crippen molar-refractivity contribution in [2.24, 2.45) is 5.92 Å². The first-order valence-corrected chi connectivity index (χ1v) is 7.49. The number of hydrogen-bond donors (Lipinski definition) is 1. The highest BCUT2D eigenvalue weighted by Gasteiger charge is 2.18. The van der Waals surface area contributed by atoms with Gasteiger partial charge in [-0.1, -0.05) is 39.3 Å². The van der Waals surface area contributed by atoms with E-state index in [-0.39, 0.29) is 5.76 Å². The van der Waals surface area contributed by atoms with Crippen LogP contribution in [-0.2, 0) is 6.54 Å². The van der Waals surface area contributed by atoms with Gasteiger partial charge < -0.3 is 9.73 Å². The highest BCUT2D eigenvalue weighted by molar-refractivity contribution is 5.72. The SMILES string of the molecule is CCCNC(Cn1c(=O)oc2ccccc21)C(C)CC. The van der Waals surface area contributed by atoms with Crippen molar-refractivity contribution >= 4 is 11.1 Å². The molecule has 1 N–H and O–H groups in total. The number of benzene rings is 1. The van der Waals surface area contributed by atoms with E-state index in [1.165, 1.54) is 0 Å². The minimum absolute atomic E-state index is 0.266. The largest absolute Gasteiger partial charge is 0.420 e. The molecule has 2 aromatic rings. The maximum atomic E-state index is 12.0. The fourth-order valence-electron chi connectivity index (χ4n) is 2.44. The first-order valence-electron chi connectivity index (χ1n) is 7.49. The van der Waals surface area contributed by atoms with Gasteiger partial charge in [-0.05, 0) is 31.0 Å². The molecule has 0 fully saturated rings. The van der Waals surface area contributed by atoms with Gasteiger partial charge in [0, 0.05) is 12.6 Å². The number of aromatic nitrogens is 1. The average Bonchev–Trinajstić information content (AvgIpc) is 2.78. The minimum Gasteiger partial charge on any atom is -0.408 e. The summed E-state index contributed by atoms with van der Waals surface area (Å²) in [6, 6.07) is 7.89. The Balaban J connectivity index is 2.28. The quantitative estimate of drug-likeness (QED) is 0.845. The Labute approximate surface area is 119 Å². The number of fused-ring (bicyclic) bond motifs is 1. The molecule has 4 heteroatoms. The molecule has 4 nitrogen and oxygen atoms in total. The Morgan fingerprint density at radius 2 is 2.05 bits per heavy atom. The number of nitrogens with zero attached hydrogens (tertiary/aromatic N) is 1. The summed E-state index contributed by atoms with van der Waals surface area (Å²) in [6.07, 6.45) is 2.18. The van der Waals surface area contributed by atoms with E-state index in [9.17, 15) is 4.79 Å². The van der Waals surface area contributed by atoms with Gasteiger partial charge in [-0.2, -0.15) is 0 Å². The van der Waals surface area contributed by atoms with Crippen LogP contribution in [0.5, 0.6) is 0 Å². The van der Waals surface area contributed by atoms with Crippen molar-refractivity contribution < 1.29 is 4.42 Å². The van der Waals surface area contributed by atoms with Crippen molar-refractivity contribution in [2.75, 3.05) is 6.54 Å². The third-order valence-corrected chi connectivity index (χ3v) is 3.94. The first-order chi connectivity index (χ1) is 9.67. The summed E-state index contributed by atoms with van der Waals surface area (Å²) in [5.41, 5.74) is 1.54. The molecule has 1 heterocycles. The van der Waals surface area contributed by atoms with Gasteiger partial charge in [0.2, 0.25) is 0 Å². The summed E-state index contributed by atoms with van der Waals surface area (Å²) in [5.74, 6) is 0.250. The molecular weight excluding hydrogens is 252 g/mol. The van der Waals surface area contributed by atoms with Gasteiger partial charge in [0.1, 0.15) is 0 Å². The van der Waals surface area contributed by atoms with Gasteiger partial charge in [0.05, 0.1) is 5.52 Å². The molecule has 0 amide bonds. The summed E-state index contributed by atoms with van der Waals surface area (Å²) >= 11 is 0. The normalized spacial score (nSPS) is 14.6. The highest BCUT2D eigenvalue weighted by atomic mass is 16.4. The van der Waals surface area contributed by atoms with E-state index in [0.717, 1.165) is 24.9 Å². The molecule has 0 saturated heterocycles. The van der Waals surface area contributed by atoms with Crippen LogP contribution in [0.4, 0.5) is 0 Å². The fraction of sp³-hybridized carbons (Fsp3) is 0.562. The summed E-state index contributed by atoms with van der Waals surface area (Å²) in [4.78, 5) is 12.0. The number of nitrogens with one attached hydrogen (secondary N) is 1. The Kier molecular flexibility index (Phi) is 5.01. The molecule has 2 atom stereocenters. The van der Waals surface area contributed by atoms with Crippen LogP contribution in [0.3, 0.4) is 0 Å². The number of para-hydroxylation sites is 2. The molecule has 0 aliphatic heterocycles. The molecule has 0 spiro atoms. The van der Waals surface area contributed by atoms with Crippen molar-refractivity contribution in [3.8, 4) is 0 Å². The second-order valence-corrected chi connectivity index (χ2v) is 5.39. The van der Waals surface area contributed by atoms with Gasteiger partial charge in [0.25, 0.3) is 0 Å². The number of hydrogen-bond acceptors (Lipinski definition) is 3. The first kappa shape index (κ1) is 14.9. The van der Waals surface area contributed by atoms with Crippen LogP contribution in [0.25, 0.3) is 11.1 Å². The molecule has 0 bridgehead atoms. The Hall–Kier alpha value is -1.55. The molecule has 20 heavy (non-hydrogen) atoms. The van der Waals surface area contributed by atoms with Crippen LogP contribution in [0.1, 0.15) is 33.6 Å². The second kappa shape index (κ2) is 6.75.